The molecule has 1 aromatic rings. The molecule has 74 valence electrons. The van der Waals surface area contributed by atoms with E-state index in [1.54, 1.807) is 6.20 Å². The van der Waals surface area contributed by atoms with Crippen LogP contribution in [-0.2, 0) is 0 Å². The second-order valence-corrected chi connectivity index (χ2v) is 3.09. The van der Waals surface area contributed by atoms with Gasteiger partial charge < -0.3 is 11.1 Å². The molecule has 0 aliphatic carbocycles. The van der Waals surface area contributed by atoms with Gasteiger partial charge in [-0.05, 0) is 31.5 Å². The Morgan fingerprint density at radius 1 is 1.57 bits per heavy atom. The van der Waals surface area contributed by atoms with E-state index in [4.69, 9.17) is 5.73 Å². The average Bonchev–Trinajstić information content (AvgIpc) is 2.15. The van der Waals surface area contributed by atoms with E-state index in [9.17, 15) is 0 Å². The summed E-state index contributed by atoms with van der Waals surface area (Å²) in [6.07, 6.45) is 2.47. The lowest BCUT2D eigenvalue weighted by atomic mass is 10.2. The van der Waals surface area contributed by atoms with E-state index in [0.29, 0.717) is 5.69 Å². The molecule has 3 nitrogen and oxygen atoms in total. The van der Waals surface area contributed by atoms with Crippen molar-refractivity contribution in [3.05, 3.63) is 23.5 Å². The minimum atomic E-state index is 0.684. The van der Waals surface area contributed by atoms with E-state index in [0.717, 1.165) is 24.2 Å². The number of hydrogen-bond acceptors (Lipinski definition) is 3. The Balaban J connectivity index is 2.70. The van der Waals surface area contributed by atoms with Gasteiger partial charge in [0.1, 0.15) is 5.69 Å². The monoisotopic (exact) mass is 189 g/mol. The number of rotatable bonds is 2. The first-order valence-electron chi connectivity index (χ1n) is 4.59. The van der Waals surface area contributed by atoms with Crippen LogP contribution in [0.5, 0.6) is 0 Å². The molecular weight excluding hydrogens is 174 g/mol. The van der Waals surface area contributed by atoms with Crippen LogP contribution in [0.1, 0.15) is 17.7 Å². The molecule has 3 heteroatoms. The minimum Gasteiger partial charge on any atom is -0.397 e. The smallest absolute Gasteiger partial charge is 0.116 e. The third-order valence-electron chi connectivity index (χ3n) is 1.81. The highest BCUT2D eigenvalue weighted by atomic mass is 14.8. The molecule has 1 rings (SSSR count). The Morgan fingerprint density at radius 2 is 2.36 bits per heavy atom. The zero-order valence-corrected chi connectivity index (χ0v) is 8.59. The lowest BCUT2D eigenvalue weighted by molar-refractivity contribution is 0.818. The second kappa shape index (κ2) is 5.25. The van der Waals surface area contributed by atoms with E-state index in [1.807, 2.05) is 20.0 Å². The Hall–Kier alpha value is -1.53. The van der Waals surface area contributed by atoms with Crippen LogP contribution >= 0.6 is 0 Å². The van der Waals surface area contributed by atoms with Gasteiger partial charge in [0.15, 0.2) is 0 Å². The van der Waals surface area contributed by atoms with Gasteiger partial charge in [-0.15, -0.1) is 0 Å². The van der Waals surface area contributed by atoms with Gasteiger partial charge in [0.05, 0.1) is 11.9 Å². The SMILES string of the molecule is CNCCC#Cc1ncc(N)cc1C. The van der Waals surface area contributed by atoms with Crippen molar-refractivity contribution < 1.29 is 0 Å². The molecule has 0 unspecified atom stereocenters. The van der Waals surface area contributed by atoms with Crippen LogP contribution < -0.4 is 11.1 Å². The molecule has 0 saturated carbocycles. The molecule has 0 radical (unpaired) electrons. The number of nitrogens with zero attached hydrogens (tertiary/aromatic N) is 1. The van der Waals surface area contributed by atoms with Crippen LogP contribution in [-0.4, -0.2) is 18.6 Å². The van der Waals surface area contributed by atoms with Crippen molar-refractivity contribution in [2.45, 2.75) is 13.3 Å². The number of anilines is 1. The topological polar surface area (TPSA) is 50.9 Å². The predicted octanol–water partition coefficient (Wildman–Crippen LogP) is 0.933. The lowest BCUT2D eigenvalue weighted by Gasteiger charge is -1.97. The van der Waals surface area contributed by atoms with Crippen LogP contribution in [0, 0.1) is 18.8 Å². The summed E-state index contributed by atoms with van der Waals surface area (Å²) in [5.41, 5.74) is 8.11. The van der Waals surface area contributed by atoms with Crippen LogP contribution in [0.2, 0.25) is 0 Å². The van der Waals surface area contributed by atoms with Crippen molar-refractivity contribution in [1.82, 2.24) is 10.3 Å². The third-order valence-corrected chi connectivity index (χ3v) is 1.81. The molecule has 0 atom stereocenters. The van der Waals surface area contributed by atoms with E-state index < -0.39 is 0 Å². The maximum absolute atomic E-state index is 5.58. The Labute approximate surface area is 84.7 Å². The summed E-state index contributed by atoms with van der Waals surface area (Å²) in [5, 5.41) is 3.03. The molecule has 14 heavy (non-hydrogen) atoms. The number of hydrogen-bond donors (Lipinski definition) is 2. The minimum absolute atomic E-state index is 0.684. The highest BCUT2D eigenvalue weighted by molar-refractivity contribution is 5.44. The summed E-state index contributed by atoms with van der Waals surface area (Å²) in [6, 6.07) is 1.88. The molecule has 0 aliphatic rings. The fourth-order valence-corrected chi connectivity index (χ4v) is 1.06. The second-order valence-electron chi connectivity index (χ2n) is 3.09. The molecule has 1 aromatic heterocycles. The number of nitrogens with one attached hydrogen (secondary N) is 1. The molecule has 0 amide bonds. The lowest BCUT2D eigenvalue weighted by Crippen LogP contribution is -2.05. The van der Waals surface area contributed by atoms with Gasteiger partial charge in [-0.25, -0.2) is 4.98 Å². The Bertz CT molecular complexity index is 361. The summed E-state index contributed by atoms with van der Waals surface area (Å²) in [5.74, 6) is 6.07. The van der Waals surface area contributed by atoms with Crippen molar-refractivity contribution in [3.63, 3.8) is 0 Å². The number of pyridine rings is 1. The van der Waals surface area contributed by atoms with E-state index >= 15 is 0 Å². The molecule has 0 aliphatic heterocycles. The van der Waals surface area contributed by atoms with Crippen molar-refractivity contribution in [2.75, 3.05) is 19.3 Å². The highest BCUT2D eigenvalue weighted by Gasteiger charge is 1.95. The first-order chi connectivity index (χ1) is 6.74. The molecule has 0 spiro atoms. The summed E-state index contributed by atoms with van der Waals surface area (Å²) in [4.78, 5) is 4.16. The molecule has 3 N–H and O–H groups in total. The van der Waals surface area contributed by atoms with Crippen LogP contribution in [0.4, 0.5) is 5.69 Å². The fraction of sp³-hybridized carbons (Fsp3) is 0.364. The van der Waals surface area contributed by atoms with Crippen molar-refractivity contribution in [2.24, 2.45) is 0 Å². The first kappa shape index (κ1) is 10.6. The number of nitrogens with two attached hydrogens (primary N) is 1. The zero-order chi connectivity index (χ0) is 10.4. The summed E-state index contributed by atoms with van der Waals surface area (Å²) < 4.78 is 0. The number of nitrogen functional groups attached to an aromatic ring is 1. The third kappa shape index (κ3) is 3.08. The quantitative estimate of drug-likeness (QED) is 0.537. The van der Waals surface area contributed by atoms with Crippen molar-refractivity contribution >= 4 is 5.69 Å². The van der Waals surface area contributed by atoms with Crippen molar-refractivity contribution in [1.29, 1.82) is 0 Å². The highest BCUT2D eigenvalue weighted by Crippen LogP contribution is 2.07. The molecule has 0 fully saturated rings. The van der Waals surface area contributed by atoms with Crippen LogP contribution in [0.3, 0.4) is 0 Å². The van der Waals surface area contributed by atoms with E-state index in [-0.39, 0.29) is 0 Å². The molecule has 1 heterocycles. The summed E-state index contributed by atoms with van der Waals surface area (Å²) >= 11 is 0. The predicted molar refractivity (Wildman–Crippen MR) is 58.8 cm³/mol. The van der Waals surface area contributed by atoms with Gasteiger partial charge in [0.25, 0.3) is 0 Å². The Morgan fingerprint density at radius 3 is 3.00 bits per heavy atom. The molecule has 0 bridgehead atoms. The van der Waals surface area contributed by atoms with Gasteiger partial charge in [-0.3, -0.25) is 0 Å². The van der Waals surface area contributed by atoms with Gasteiger partial charge in [0.2, 0.25) is 0 Å². The van der Waals surface area contributed by atoms with Crippen molar-refractivity contribution in [3.8, 4) is 11.8 Å². The largest absolute Gasteiger partial charge is 0.397 e. The summed E-state index contributed by atoms with van der Waals surface area (Å²) in [7, 11) is 1.91. The van der Waals surface area contributed by atoms with Gasteiger partial charge in [-0.1, -0.05) is 5.92 Å². The van der Waals surface area contributed by atoms with Crippen LogP contribution in [0.25, 0.3) is 0 Å². The van der Waals surface area contributed by atoms with Gasteiger partial charge >= 0.3 is 0 Å². The zero-order valence-electron chi connectivity index (χ0n) is 8.59. The average molecular weight is 189 g/mol. The van der Waals surface area contributed by atoms with E-state index in [1.165, 1.54) is 0 Å². The molecule has 0 saturated heterocycles. The maximum Gasteiger partial charge on any atom is 0.116 e. The van der Waals surface area contributed by atoms with Crippen LogP contribution in [0.15, 0.2) is 12.3 Å². The first-order valence-corrected chi connectivity index (χ1v) is 4.59. The van der Waals surface area contributed by atoms with Gasteiger partial charge in [-0.2, -0.15) is 0 Å². The normalized spacial score (nSPS) is 9.29. The number of aryl methyl sites for hydroxylation is 1. The maximum atomic E-state index is 5.58. The fourth-order valence-electron chi connectivity index (χ4n) is 1.06. The molecule has 0 aromatic carbocycles. The van der Waals surface area contributed by atoms with E-state index in [2.05, 4.69) is 22.1 Å². The number of aromatic nitrogens is 1. The summed E-state index contributed by atoms with van der Waals surface area (Å²) in [6.45, 7) is 2.87. The molecular formula is C11H15N3. The standard InChI is InChI=1S/C11H15N3/c1-9-7-10(12)8-14-11(9)5-3-4-6-13-2/h7-8,13H,4,6,12H2,1-2H3. The Kier molecular flexibility index (Phi) is 3.96. The van der Waals surface area contributed by atoms with Gasteiger partial charge in [0, 0.05) is 13.0 Å².